The molecule has 1 unspecified atom stereocenters. The molecule has 0 amide bonds. The number of alkyl halides is 1. The molecule has 2 N–H and O–H groups in total. The summed E-state index contributed by atoms with van der Waals surface area (Å²) in [7, 11) is 0. The number of phenols is 1. The van der Waals surface area contributed by atoms with Crippen LogP contribution in [0.5, 0.6) is 5.75 Å². The zero-order valence-electron chi connectivity index (χ0n) is 8.67. The van der Waals surface area contributed by atoms with E-state index < -0.39 is 5.67 Å². The van der Waals surface area contributed by atoms with Crippen LogP contribution in [-0.2, 0) is 6.42 Å². The Morgan fingerprint density at radius 1 is 1.47 bits per heavy atom. The lowest BCUT2D eigenvalue weighted by molar-refractivity contribution is 0.122. The number of rotatable bonds is 2. The Bertz CT molecular complexity index is 334. The van der Waals surface area contributed by atoms with Gasteiger partial charge in [-0.25, -0.2) is 4.39 Å². The van der Waals surface area contributed by atoms with E-state index >= 15 is 0 Å². The van der Waals surface area contributed by atoms with Gasteiger partial charge in [-0.2, -0.15) is 0 Å². The summed E-state index contributed by atoms with van der Waals surface area (Å²) in [4.78, 5) is 0. The minimum atomic E-state index is -1.15. The minimum Gasteiger partial charge on any atom is -0.508 e. The van der Waals surface area contributed by atoms with E-state index in [1.54, 1.807) is 18.2 Å². The molecule has 1 heterocycles. The van der Waals surface area contributed by atoms with E-state index in [0.29, 0.717) is 19.4 Å². The fourth-order valence-electron chi connectivity index (χ4n) is 2.11. The maximum absolute atomic E-state index is 14.2. The van der Waals surface area contributed by atoms with Crippen molar-refractivity contribution < 1.29 is 9.50 Å². The van der Waals surface area contributed by atoms with Gasteiger partial charge in [0.25, 0.3) is 0 Å². The average Bonchev–Trinajstić information content (AvgIpc) is 2.18. The van der Waals surface area contributed by atoms with Crippen molar-refractivity contribution in [3.8, 4) is 5.75 Å². The SMILES string of the molecule is Oc1cccc(CC2(F)CCCNC2)c1. The zero-order chi connectivity index (χ0) is 10.7. The van der Waals surface area contributed by atoms with Crippen LogP contribution in [0.3, 0.4) is 0 Å². The van der Waals surface area contributed by atoms with Crippen molar-refractivity contribution in [2.75, 3.05) is 13.1 Å². The van der Waals surface area contributed by atoms with Gasteiger partial charge in [0.15, 0.2) is 0 Å². The van der Waals surface area contributed by atoms with Crippen molar-refractivity contribution in [1.82, 2.24) is 5.32 Å². The molecule has 2 nitrogen and oxygen atoms in total. The van der Waals surface area contributed by atoms with Crippen molar-refractivity contribution in [2.24, 2.45) is 0 Å². The first-order valence-electron chi connectivity index (χ1n) is 5.36. The second kappa shape index (κ2) is 4.19. The molecule has 15 heavy (non-hydrogen) atoms. The molecule has 2 rings (SSSR count). The Balaban J connectivity index is 2.06. The summed E-state index contributed by atoms with van der Waals surface area (Å²) in [5, 5.41) is 12.4. The quantitative estimate of drug-likeness (QED) is 0.781. The third-order valence-electron chi connectivity index (χ3n) is 2.85. The van der Waals surface area contributed by atoms with E-state index in [1.807, 2.05) is 6.07 Å². The Labute approximate surface area is 89.1 Å². The first-order chi connectivity index (χ1) is 7.18. The van der Waals surface area contributed by atoms with E-state index in [4.69, 9.17) is 0 Å². The number of hydrogen-bond acceptors (Lipinski definition) is 2. The highest BCUT2D eigenvalue weighted by Crippen LogP contribution is 2.26. The standard InChI is InChI=1S/C12H16FNO/c13-12(5-2-6-14-9-12)8-10-3-1-4-11(15)7-10/h1,3-4,7,14-15H,2,5-6,8-9H2. The highest BCUT2D eigenvalue weighted by molar-refractivity contribution is 5.28. The molecular formula is C12H16FNO. The second-order valence-corrected chi connectivity index (χ2v) is 4.28. The van der Waals surface area contributed by atoms with Crippen molar-refractivity contribution >= 4 is 0 Å². The normalized spacial score (nSPS) is 26.5. The van der Waals surface area contributed by atoms with Crippen molar-refractivity contribution in [3.05, 3.63) is 29.8 Å². The minimum absolute atomic E-state index is 0.208. The lowest BCUT2D eigenvalue weighted by Crippen LogP contribution is -2.43. The van der Waals surface area contributed by atoms with Gasteiger partial charge < -0.3 is 10.4 Å². The lowest BCUT2D eigenvalue weighted by atomic mass is 9.89. The van der Waals surface area contributed by atoms with E-state index in [9.17, 15) is 9.50 Å². The van der Waals surface area contributed by atoms with E-state index in [-0.39, 0.29) is 5.75 Å². The monoisotopic (exact) mass is 209 g/mol. The Morgan fingerprint density at radius 3 is 3.00 bits per heavy atom. The topological polar surface area (TPSA) is 32.3 Å². The van der Waals surface area contributed by atoms with Crippen LogP contribution in [0, 0.1) is 0 Å². The van der Waals surface area contributed by atoms with Gasteiger partial charge in [0.1, 0.15) is 11.4 Å². The summed E-state index contributed by atoms with van der Waals surface area (Å²) in [5.74, 6) is 0.208. The van der Waals surface area contributed by atoms with Crippen LogP contribution in [0.1, 0.15) is 18.4 Å². The summed E-state index contributed by atoms with van der Waals surface area (Å²) < 4.78 is 14.2. The highest BCUT2D eigenvalue weighted by Gasteiger charge is 2.31. The van der Waals surface area contributed by atoms with Gasteiger partial charge in [-0.05, 0) is 37.1 Å². The van der Waals surface area contributed by atoms with Gasteiger partial charge in [-0.15, -0.1) is 0 Å². The largest absolute Gasteiger partial charge is 0.508 e. The third kappa shape index (κ3) is 2.69. The van der Waals surface area contributed by atoms with Crippen molar-refractivity contribution in [2.45, 2.75) is 24.9 Å². The maximum Gasteiger partial charge on any atom is 0.127 e. The fraction of sp³-hybridized carbons (Fsp3) is 0.500. The summed E-state index contributed by atoms with van der Waals surface area (Å²) in [6.07, 6.45) is 1.87. The van der Waals surface area contributed by atoms with Crippen LogP contribution < -0.4 is 5.32 Å². The summed E-state index contributed by atoms with van der Waals surface area (Å²) in [5.41, 5.74) is -0.285. The van der Waals surface area contributed by atoms with Gasteiger partial charge in [0, 0.05) is 13.0 Å². The van der Waals surface area contributed by atoms with Gasteiger partial charge in [-0.1, -0.05) is 12.1 Å². The van der Waals surface area contributed by atoms with Crippen LogP contribution in [0.15, 0.2) is 24.3 Å². The predicted octanol–water partition coefficient (Wildman–Crippen LogP) is 2.03. The van der Waals surface area contributed by atoms with Crippen LogP contribution in [-0.4, -0.2) is 23.9 Å². The molecule has 3 heteroatoms. The average molecular weight is 209 g/mol. The number of aromatic hydroxyl groups is 1. The number of nitrogens with one attached hydrogen (secondary N) is 1. The van der Waals surface area contributed by atoms with Crippen LogP contribution in [0.25, 0.3) is 0 Å². The molecule has 1 atom stereocenters. The van der Waals surface area contributed by atoms with E-state index in [1.165, 1.54) is 0 Å². The molecule has 0 aromatic heterocycles. The number of phenolic OH excluding ortho intramolecular Hbond substituents is 1. The third-order valence-corrected chi connectivity index (χ3v) is 2.85. The van der Waals surface area contributed by atoms with Crippen LogP contribution in [0.2, 0.25) is 0 Å². The molecule has 1 aliphatic rings. The van der Waals surface area contributed by atoms with E-state index in [0.717, 1.165) is 18.5 Å². The first-order valence-corrected chi connectivity index (χ1v) is 5.36. The molecule has 0 radical (unpaired) electrons. The van der Waals surface area contributed by atoms with Gasteiger partial charge >= 0.3 is 0 Å². The predicted molar refractivity (Wildman–Crippen MR) is 57.8 cm³/mol. The lowest BCUT2D eigenvalue weighted by Gasteiger charge is -2.30. The van der Waals surface area contributed by atoms with Crippen LogP contribution >= 0.6 is 0 Å². The van der Waals surface area contributed by atoms with Crippen molar-refractivity contribution in [3.63, 3.8) is 0 Å². The number of piperidine rings is 1. The molecule has 1 aromatic carbocycles. The van der Waals surface area contributed by atoms with Gasteiger partial charge in [0.05, 0.1) is 0 Å². The highest BCUT2D eigenvalue weighted by atomic mass is 19.1. The second-order valence-electron chi connectivity index (χ2n) is 4.28. The molecule has 0 saturated carbocycles. The van der Waals surface area contributed by atoms with Crippen LogP contribution in [0.4, 0.5) is 4.39 Å². The number of halogens is 1. The van der Waals surface area contributed by atoms with Gasteiger partial charge in [-0.3, -0.25) is 0 Å². The summed E-state index contributed by atoms with van der Waals surface area (Å²) in [6.45, 7) is 1.33. The number of benzene rings is 1. The Morgan fingerprint density at radius 2 is 2.33 bits per heavy atom. The fourth-order valence-corrected chi connectivity index (χ4v) is 2.11. The molecule has 1 fully saturated rings. The van der Waals surface area contributed by atoms with Crippen molar-refractivity contribution in [1.29, 1.82) is 0 Å². The number of hydrogen-bond donors (Lipinski definition) is 2. The molecular weight excluding hydrogens is 193 g/mol. The van der Waals surface area contributed by atoms with E-state index in [2.05, 4.69) is 5.32 Å². The first kappa shape index (κ1) is 10.4. The molecule has 1 aromatic rings. The Kier molecular flexibility index (Phi) is 2.91. The van der Waals surface area contributed by atoms with Gasteiger partial charge in [0.2, 0.25) is 0 Å². The summed E-state index contributed by atoms with van der Waals surface area (Å²) in [6, 6.07) is 6.85. The zero-order valence-corrected chi connectivity index (χ0v) is 8.67. The molecule has 0 aliphatic carbocycles. The molecule has 1 aliphatic heterocycles. The molecule has 1 saturated heterocycles. The summed E-state index contributed by atoms with van der Waals surface area (Å²) >= 11 is 0. The Hall–Kier alpha value is -1.09. The molecule has 0 spiro atoms. The maximum atomic E-state index is 14.2. The smallest absolute Gasteiger partial charge is 0.127 e. The molecule has 82 valence electrons. The molecule has 0 bridgehead atoms.